The van der Waals surface area contributed by atoms with Crippen molar-refractivity contribution in [2.45, 2.75) is 25.4 Å². The van der Waals surface area contributed by atoms with Gasteiger partial charge in [0.05, 0.1) is 12.7 Å². The highest BCUT2D eigenvalue weighted by Gasteiger charge is 2.38. The summed E-state index contributed by atoms with van der Waals surface area (Å²) in [5.41, 5.74) is 1.47. The van der Waals surface area contributed by atoms with Gasteiger partial charge in [0.25, 0.3) is 5.91 Å². The standard InChI is InChI=1S/C28H31N3O4/c1-35-22-11-8-20(9-12-22)19-29-15-17-30(18-16-29)28(34)25-7-4-14-31(25)27(33)24-13-10-21-5-2-3-6-23(21)26(24)32/h2-3,5-6,8-13,25,32H,4,7,14-19H2,1H3. The van der Waals surface area contributed by atoms with Gasteiger partial charge in [-0.1, -0.05) is 42.5 Å². The van der Waals surface area contributed by atoms with Crippen molar-refractivity contribution in [2.24, 2.45) is 0 Å². The molecule has 0 aromatic heterocycles. The van der Waals surface area contributed by atoms with Gasteiger partial charge in [0.1, 0.15) is 17.5 Å². The molecule has 3 aromatic rings. The molecule has 3 aromatic carbocycles. The average Bonchev–Trinajstić information content (AvgIpc) is 3.39. The first-order chi connectivity index (χ1) is 17.0. The van der Waals surface area contributed by atoms with Gasteiger partial charge in [0, 0.05) is 44.7 Å². The quantitative estimate of drug-likeness (QED) is 0.614. The largest absolute Gasteiger partial charge is 0.506 e. The van der Waals surface area contributed by atoms with Crippen LogP contribution in [-0.4, -0.2) is 77.5 Å². The van der Waals surface area contributed by atoms with Crippen molar-refractivity contribution in [1.82, 2.24) is 14.7 Å². The summed E-state index contributed by atoms with van der Waals surface area (Å²) in [4.78, 5) is 32.7. The molecule has 2 aliphatic heterocycles. The van der Waals surface area contributed by atoms with E-state index in [-0.39, 0.29) is 23.1 Å². The van der Waals surface area contributed by atoms with Crippen LogP contribution in [0.15, 0.2) is 60.7 Å². The number of fused-ring (bicyclic) bond motifs is 1. The van der Waals surface area contributed by atoms with Crippen LogP contribution in [0, 0.1) is 0 Å². The number of carbonyl (C=O) groups is 2. The molecular weight excluding hydrogens is 442 g/mol. The van der Waals surface area contributed by atoms with E-state index in [1.165, 1.54) is 5.56 Å². The number of hydrogen-bond acceptors (Lipinski definition) is 5. The number of piperazine rings is 1. The summed E-state index contributed by atoms with van der Waals surface area (Å²) in [5, 5.41) is 12.3. The molecular formula is C28H31N3O4. The number of aromatic hydroxyl groups is 1. The molecule has 0 saturated carbocycles. The van der Waals surface area contributed by atoms with Crippen molar-refractivity contribution in [3.05, 3.63) is 71.8 Å². The molecule has 0 aliphatic carbocycles. The van der Waals surface area contributed by atoms with Gasteiger partial charge in [-0.25, -0.2) is 0 Å². The number of methoxy groups -OCH3 is 1. The lowest BCUT2D eigenvalue weighted by molar-refractivity contribution is -0.137. The molecule has 1 N–H and O–H groups in total. The minimum atomic E-state index is -0.471. The number of phenols is 1. The number of hydrogen-bond donors (Lipinski definition) is 1. The first-order valence-corrected chi connectivity index (χ1v) is 12.2. The van der Waals surface area contributed by atoms with Gasteiger partial charge in [-0.15, -0.1) is 0 Å². The van der Waals surface area contributed by atoms with Crippen LogP contribution < -0.4 is 4.74 Å². The van der Waals surface area contributed by atoms with Gasteiger partial charge in [-0.05, 0) is 42.0 Å². The maximum Gasteiger partial charge on any atom is 0.258 e. The minimum Gasteiger partial charge on any atom is -0.506 e. The van der Waals surface area contributed by atoms with Gasteiger partial charge in [-0.2, -0.15) is 0 Å². The third-order valence-corrected chi connectivity index (χ3v) is 7.18. The molecule has 0 bridgehead atoms. The van der Waals surface area contributed by atoms with Gasteiger partial charge < -0.3 is 19.6 Å². The summed E-state index contributed by atoms with van der Waals surface area (Å²) in [6.07, 6.45) is 1.44. The Bertz CT molecular complexity index is 1220. The molecule has 2 fully saturated rings. The van der Waals surface area contributed by atoms with Crippen LogP contribution in [0.2, 0.25) is 0 Å². The molecule has 35 heavy (non-hydrogen) atoms. The Morgan fingerprint density at radius 1 is 0.943 bits per heavy atom. The third-order valence-electron chi connectivity index (χ3n) is 7.18. The van der Waals surface area contributed by atoms with Crippen LogP contribution in [0.25, 0.3) is 10.8 Å². The Morgan fingerprint density at radius 2 is 1.69 bits per heavy atom. The molecule has 0 radical (unpaired) electrons. The summed E-state index contributed by atoms with van der Waals surface area (Å²) in [5.74, 6) is 0.567. The van der Waals surface area contributed by atoms with Crippen LogP contribution >= 0.6 is 0 Å². The van der Waals surface area contributed by atoms with E-state index in [0.29, 0.717) is 31.4 Å². The van der Waals surface area contributed by atoms with E-state index in [1.54, 1.807) is 24.1 Å². The molecule has 2 amide bonds. The number of rotatable bonds is 5. The summed E-state index contributed by atoms with van der Waals surface area (Å²) < 4.78 is 5.23. The van der Waals surface area contributed by atoms with Crippen molar-refractivity contribution in [1.29, 1.82) is 0 Å². The Morgan fingerprint density at radius 3 is 2.43 bits per heavy atom. The Kier molecular flexibility index (Phi) is 6.59. The average molecular weight is 474 g/mol. The van der Waals surface area contributed by atoms with Crippen molar-refractivity contribution < 1.29 is 19.4 Å². The summed E-state index contributed by atoms with van der Waals surface area (Å²) in [7, 11) is 1.66. The van der Waals surface area contributed by atoms with E-state index in [4.69, 9.17) is 4.74 Å². The fraction of sp³-hybridized carbons (Fsp3) is 0.357. The zero-order valence-electron chi connectivity index (χ0n) is 20.0. The molecule has 2 heterocycles. The second-order valence-electron chi connectivity index (χ2n) is 9.29. The predicted molar refractivity (Wildman–Crippen MR) is 135 cm³/mol. The molecule has 182 valence electrons. The molecule has 2 aliphatic rings. The minimum absolute atomic E-state index is 0.0141. The topological polar surface area (TPSA) is 73.3 Å². The van der Waals surface area contributed by atoms with Gasteiger partial charge in [0.2, 0.25) is 5.91 Å². The summed E-state index contributed by atoms with van der Waals surface area (Å²) in [6.45, 7) is 4.25. The fourth-order valence-electron chi connectivity index (χ4n) is 5.18. The number of phenolic OH excluding ortho intramolecular Hbond substituents is 1. The van der Waals surface area contributed by atoms with Crippen molar-refractivity contribution in [3.63, 3.8) is 0 Å². The molecule has 1 unspecified atom stereocenters. The van der Waals surface area contributed by atoms with E-state index in [2.05, 4.69) is 17.0 Å². The first-order valence-electron chi connectivity index (χ1n) is 12.2. The highest BCUT2D eigenvalue weighted by molar-refractivity contribution is 6.05. The Hall–Kier alpha value is -3.58. The zero-order chi connectivity index (χ0) is 24.4. The van der Waals surface area contributed by atoms with E-state index in [9.17, 15) is 14.7 Å². The summed E-state index contributed by atoms with van der Waals surface area (Å²) in [6, 6.07) is 18.6. The van der Waals surface area contributed by atoms with Crippen LogP contribution in [0.1, 0.15) is 28.8 Å². The number of ether oxygens (including phenoxy) is 1. The number of benzene rings is 3. The normalized spacial score (nSPS) is 18.7. The van der Waals surface area contributed by atoms with E-state index < -0.39 is 6.04 Å². The van der Waals surface area contributed by atoms with Crippen LogP contribution in [0.5, 0.6) is 11.5 Å². The molecule has 7 heteroatoms. The molecule has 7 nitrogen and oxygen atoms in total. The maximum atomic E-state index is 13.4. The zero-order valence-corrected chi connectivity index (χ0v) is 20.0. The van der Waals surface area contributed by atoms with Crippen molar-refractivity contribution >= 4 is 22.6 Å². The summed E-state index contributed by atoms with van der Waals surface area (Å²) >= 11 is 0. The Labute approximate surface area is 205 Å². The van der Waals surface area contributed by atoms with E-state index in [0.717, 1.165) is 37.2 Å². The number of nitrogens with zero attached hydrogens (tertiary/aromatic N) is 3. The smallest absolute Gasteiger partial charge is 0.258 e. The third kappa shape index (κ3) is 4.68. The van der Waals surface area contributed by atoms with E-state index >= 15 is 0 Å². The lowest BCUT2D eigenvalue weighted by Gasteiger charge is -2.37. The number of amides is 2. The maximum absolute atomic E-state index is 13.4. The van der Waals surface area contributed by atoms with Crippen LogP contribution in [0.3, 0.4) is 0 Å². The van der Waals surface area contributed by atoms with Gasteiger partial charge in [0.15, 0.2) is 0 Å². The second-order valence-corrected chi connectivity index (χ2v) is 9.29. The van der Waals surface area contributed by atoms with E-state index in [1.807, 2.05) is 41.3 Å². The first kappa shape index (κ1) is 23.2. The van der Waals surface area contributed by atoms with Crippen LogP contribution in [-0.2, 0) is 11.3 Å². The van der Waals surface area contributed by atoms with Crippen molar-refractivity contribution in [2.75, 3.05) is 39.8 Å². The molecule has 5 rings (SSSR count). The number of carbonyl (C=O) groups excluding carboxylic acids is 2. The molecule has 0 spiro atoms. The highest BCUT2D eigenvalue weighted by atomic mass is 16.5. The van der Waals surface area contributed by atoms with Crippen molar-refractivity contribution in [3.8, 4) is 11.5 Å². The second kappa shape index (κ2) is 9.96. The lowest BCUT2D eigenvalue weighted by atomic mass is 10.0. The lowest BCUT2D eigenvalue weighted by Crippen LogP contribution is -2.54. The SMILES string of the molecule is COc1ccc(CN2CCN(C(=O)C3CCCN3C(=O)c3ccc4ccccc4c3O)CC2)cc1. The number of likely N-dealkylation sites (tertiary alicyclic amines) is 1. The predicted octanol–water partition coefficient (Wildman–Crippen LogP) is 3.50. The highest BCUT2D eigenvalue weighted by Crippen LogP contribution is 2.31. The van der Waals surface area contributed by atoms with Gasteiger partial charge >= 0.3 is 0 Å². The fourth-order valence-corrected chi connectivity index (χ4v) is 5.18. The van der Waals surface area contributed by atoms with Gasteiger partial charge in [-0.3, -0.25) is 14.5 Å². The Balaban J connectivity index is 1.23. The van der Waals surface area contributed by atoms with Crippen LogP contribution in [0.4, 0.5) is 0 Å². The molecule has 2 saturated heterocycles. The monoisotopic (exact) mass is 473 g/mol. The molecule has 1 atom stereocenters.